The van der Waals surface area contributed by atoms with E-state index in [-0.39, 0.29) is 17.8 Å². The van der Waals surface area contributed by atoms with Crippen molar-refractivity contribution < 1.29 is 19.1 Å². The fraction of sp³-hybridized carbons (Fsp3) is 0.241. The zero-order valence-electron chi connectivity index (χ0n) is 22.7. The predicted octanol–water partition coefficient (Wildman–Crippen LogP) is 5.60. The zero-order valence-corrected chi connectivity index (χ0v) is 23.6. The van der Waals surface area contributed by atoms with Gasteiger partial charge in [0.1, 0.15) is 17.2 Å². The number of aromatic nitrogens is 2. The smallest absolute Gasteiger partial charge is 0.273 e. The summed E-state index contributed by atoms with van der Waals surface area (Å²) in [6.45, 7) is 4.01. The third kappa shape index (κ3) is 4.58. The van der Waals surface area contributed by atoms with Gasteiger partial charge in [-0.15, -0.1) is 0 Å². The number of nitro benzene ring substituents is 1. The molecule has 3 heterocycles. The number of nitrogens with one attached hydrogen (secondary N) is 1. The van der Waals surface area contributed by atoms with Crippen molar-refractivity contribution in [2.45, 2.75) is 25.9 Å². The second-order valence-electron chi connectivity index (χ2n) is 9.31. The normalized spacial score (nSPS) is 16.5. The Hall–Kier alpha value is -4.64. The number of hydrogen-bond donors (Lipinski definition) is 1. The monoisotopic (exact) mass is 559 g/mol. The number of nitrogens with zero attached hydrogens (tertiary/aromatic N) is 4. The van der Waals surface area contributed by atoms with E-state index >= 15 is 0 Å². The van der Waals surface area contributed by atoms with Gasteiger partial charge in [0, 0.05) is 29.7 Å². The highest BCUT2D eigenvalue weighted by atomic mass is 32.1. The number of thiocarbonyl (C=S) groups is 1. The molecule has 2 atom stereocenters. The second kappa shape index (κ2) is 10.9. The summed E-state index contributed by atoms with van der Waals surface area (Å²) < 4.78 is 18.9. The number of ether oxygens (including phenoxy) is 3. The molecular weight excluding hydrogens is 530 g/mol. The van der Waals surface area contributed by atoms with Crippen LogP contribution in [0.25, 0.3) is 5.69 Å². The van der Waals surface area contributed by atoms with Crippen LogP contribution < -0.4 is 24.4 Å². The highest BCUT2D eigenvalue weighted by molar-refractivity contribution is 7.80. The fourth-order valence-corrected chi connectivity index (χ4v) is 5.68. The predicted molar refractivity (Wildman–Crippen MR) is 156 cm³/mol. The first kappa shape index (κ1) is 26.9. The lowest BCUT2D eigenvalue weighted by molar-refractivity contribution is -0.384. The number of methoxy groups -OCH3 is 3. The number of non-ortho nitro benzene ring substituents is 1. The van der Waals surface area contributed by atoms with Crippen molar-refractivity contribution in [2.75, 3.05) is 26.2 Å². The number of anilines is 1. The molecule has 1 N–H and O–H groups in total. The van der Waals surface area contributed by atoms with Gasteiger partial charge >= 0.3 is 0 Å². The maximum Gasteiger partial charge on any atom is 0.273 e. The average molecular weight is 560 g/mol. The molecule has 0 radical (unpaired) electrons. The number of benzene rings is 2. The maximum absolute atomic E-state index is 11.4. The highest BCUT2D eigenvalue weighted by Gasteiger charge is 2.43. The molecule has 1 aliphatic rings. The Kier molecular flexibility index (Phi) is 7.31. The van der Waals surface area contributed by atoms with E-state index in [1.54, 1.807) is 26.5 Å². The second-order valence-corrected chi connectivity index (χ2v) is 9.70. The van der Waals surface area contributed by atoms with Crippen LogP contribution in [-0.2, 0) is 0 Å². The number of hydrogen-bond acceptors (Lipinski definition) is 7. The molecule has 0 bridgehead atoms. The minimum atomic E-state index is -0.435. The van der Waals surface area contributed by atoms with Gasteiger partial charge in [-0.25, -0.2) is 0 Å². The maximum atomic E-state index is 11.4. The fourth-order valence-electron chi connectivity index (χ4n) is 5.34. The molecule has 0 unspecified atom stereocenters. The molecule has 1 aliphatic heterocycles. The Bertz CT molecular complexity index is 1590. The average Bonchev–Trinajstić information content (AvgIpc) is 3.46. The topological polar surface area (TPSA) is 104 Å². The van der Waals surface area contributed by atoms with E-state index < -0.39 is 4.92 Å². The van der Waals surface area contributed by atoms with Crippen LogP contribution in [0.5, 0.6) is 17.2 Å². The largest absolute Gasteiger partial charge is 0.497 e. The van der Waals surface area contributed by atoms with Gasteiger partial charge < -0.3 is 29.0 Å². The molecule has 206 valence electrons. The molecular formula is C29H29N5O5S. The van der Waals surface area contributed by atoms with E-state index in [1.165, 1.54) is 19.2 Å². The lowest BCUT2D eigenvalue weighted by atomic mass is 9.96. The van der Waals surface area contributed by atoms with Crippen molar-refractivity contribution in [3.63, 3.8) is 0 Å². The summed E-state index contributed by atoms with van der Waals surface area (Å²) in [5.41, 5.74) is 5.08. The molecule has 1 fully saturated rings. The highest BCUT2D eigenvalue weighted by Crippen LogP contribution is 2.47. The van der Waals surface area contributed by atoms with Crippen molar-refractivity contribution in [1.82, 2.24) is 14.9 Å². The van der Waals surface area contributed by atoms with Crippen LogP contribution in [-0.4, -0.2) is 40.9 Å². The van der Waals surface area contributed by atoms with E-state index in [1.807, 2.05) is 59.7 Å². The van der Waals surface area contributed by atoms with E-state index in [9.17, 15) is 10.1 Å². The number of rotatable bonds is 8. The molecule has 40 heavy (non-hydrogen) atoms. The summed E-state index contributed by atoms with van der Waals surface area (Å²) in [6.07, 6.45) is 1.76. The van der Waals surface area contributed by atoms with Crippen molar-refractivity contribution in [1.29, 1.82) is 0 Å². The van der Waals surface area contributed by atoms with Crippen LogP contribution in [0.2, 0.25) is 0 Å². The molecule has 2 aromatic heterocycles. The summed E-state index contributed by atoms with van der Waals surface area (Å²) >= 11 is 5.92. The summed E-state index contributed by atoms with van der Waals surface area (Å²) in [4.78, 5) is 17.6. The summed E-state index contributed by atoms with van der Waals surface area (Å²) in [5, 5.41) is 15.4. The molecule has 0 spiro atoms. The van der Waals surface area contributed by atoms with Crippen LogP contribution in [0, 0.1) is 24.0 Å². The Balaban J connectivity index is 1.72. The molecule has 1 saturated heterocycles. The Morgan fingerprint density at radius 3 is 2.38 bits per heavy atom. The molecule has 4 aromatic rings. The number of nitro groups is 1. The van der Waals surface area contributed by atoms with Gasteiger partial charge in [0.25, 0.3) is 5.69 Å². The first-order valence-electron chi connectivity index (χ1n) is 12.5. The van der Waals surface area contributed by atoms with E-state index in [0.717, 1.165) is 28.3 Å². The molecule has 0 amide bonds. The van der Waals surface area contributed by atoms with Crippen molar-refractivity contribution in [2.24, 2.45) is 0 Å². The number of aryl methyl sites for hydroxylation is 1. The van der Waals surface area contributed by atoms with Gasteiger partial charge in [0.15, 0.2) is 5.11 Å². The van der Waals surface area contributed by atoms with Gasteiger partial charge in [-0.3, -0.25) is 15.1 Å². The Morgan fingerprint density at radius 2 is 1.73 bits per heavy atom. The standard InChI is InChI=1S/C29H29N5O5S/c1-17-14-21(18(2)32(17)23-11-9-19(34(35)36)15-26(23)39-5)28-27(22-8-6-7-13-30-22)31-29(40)33(28)24-16-20(37-3)10-12-25(24)38-4/h6-16,27-28H,1-5H3,(H,31,40)/t27-,28-/m0/s1. The molecule has 2 aromatic carbocycles. The quantitative estimate of drug-likeness (QED) is 0.168. The lowest BCUT2D eigenvalue weighted by Gasteiger charge is -2.29. The van der Waals surface area contributed by atoms with E-state index in [4.69, 9.17) is 26.4 Å². The van der Waals surface area contributed by atoms with Crippen molar-refractivity contribution >= 4 is 28.7 Å². The van der Waals surface area contributed by atoms with Crippen LogP contribution >= 0.6 is 12.2 Å². The van der Waals surface area contributed by atoms with Crippen LogP contribution in [0.3, 0.4) is 0 Å². The zero-order chi connectivity index (χ0) is 28.6. The SMILES string of the molecule is COc1ccc(OC)c(N2C(=S)N[C@@H](c3ccccn3)[C@@H]2c2cc(C)n(-c3ccc([N+](=O)[O-])cc3OC)c2C)c1. The number of pyridine rings is 1. The lowest BCUT2D eigenvalue weighted by Crippen LogP contribution is -2.30. The van der Waals surface area contributed by atoms with Crippen LogP contribution in [0.1, 0.15) is 34.7 Å². The Morgan fingerprint density at radius 1 is 0.950 bits per heavy atom. The third-order valence-corrected chi connectivity index (χ3v) is 7.46. The minimum absolute atomic E-state index is 0.0415. The summed E-state index contributed by atoms with van der Waals surface area (Å²) in [6, 6.07) is 17.5. The van der Waals surface area contributed by atoms with Gasteiger partial charge in [0.05, 0.1) is 61.5 Å². The van der Waals surface area contributed by atoms with Crippen LogP contribution in [0.4, 0.5) is 11.4 Å². The molecule has 11 heteroatoms. The first-order chi connectivity index (χ1) is 19.3. The summed E-state index contributed by atoms with van der Waals surface area (Å²) in [7, 11) is 4.74. The van der Waals surface area contributed by atoms with Crippen LogP contribution in [0.15, 0.2) is 66.9 Å². The first-order valence-corrected chi connectivity index (χ1v) is 12.9. The van der Waals surface area contributed by atoms with Gasteiger partial charge in [-0.05, 0) is 68.0 Å². The summed E-state index contributed by atoms with van der Waals surface area (Å²) in [5.74, 6) is 1.71. The van der Waals surface area contributed by atoms with Crippen molar-refractivity contribution in [3.8, 4) is 22.9 Å². The van der Waals surface area contributed by atoms with E-state index in [0.29, 0.717) is 28.0 Å². The van der Waals surface area contributed by atoms with E-state index in [2.05, 4.69) is 16.4 Å². The molecule has 0 aliphatic carbocycles. The minimum Gasteiger partial charge on any atom is -0.497 e. The third-order valence-electron chi connectivity index (χ3n) is 7.15. The van der Waals surface area contributed by atoms with Gasteiger partial charge in [-0.2, -0.15) is 0 Å². The van der Waals surface area contributed by atoms with Gasteiger partial charge in [-0.1, -0.05) is 6.07 Å². The molecule has 10 nitrogen and oxygen atoms in total. The Labute approximate surface area is 237 Å². The molecule has 0 saturated carbocycles. The van der Waals surface area contributed by atoms with Gasteiger partial charge in [0.2, 0.25) is 0 Å². The van der Waals surface area contributed by atoms with Crippen molar-refractivity contribution in [3.05, 3.63) is 99.6 Å². The molecule has 5 rings (SSSR count).